The van der Waals surface area contributed by atoms with Crippen LogP contribution in [0.2, 0.25) is 0 Å². The van der Waals surface area contributed by atoms with Gasteiger partial charge in [0.2, 0.25) is 0 Å². The molecule has 10 heteroatoms. The molecule has 4 aromatic carbocycles. The van der Waals surface area contributed by atoms with E-state index in [1.54, 1.807) is 31.2 Å². The minimum atomic E-state index is -4.58. The topological polar surface area (TPSA) is 9.23 Å². The number of halogens is 9. The number of rotatable bonds is 6. The molecular weight excluding hydrogens is 511 g/mol. The van der Waals surface area contributed by atoms with Gasteiger partial charge in [0.05, 0.1) is 5.56 Å². The molecule has 0 aliphatic carbocycles. The summed E-state index contributed by atoms with van der Waals surface area (Å²) in [5, 5.41) is 0. The Morgan fingerprint density at radius 1 is 0.622 bits per heavy atom. The first-order valence-corrected chi connectivity index (χ1v) is 10.6. The molecule has 0 aliphatic heterocycles. The summed E-state index contributed by atoms with van der Waals surface area (Å²) in [6.07, 6.45) is -8.03. The third kappa shape index (κ3) is 5.28. The SMILES string of the molecule is Cc1ccc(-c2cc(F)c(C(F)(F)Oc3ccc(-c4cc(F)c(C(F)F)c(F)c4)c(F)c3)c(F)c2)cc1. The molecule has 4 rings (SSSR count). The summed E-state index contributed by atoms with van der Waals surface area (Å²) in [6, 6.07) is 10.7. The number of hydrogen-bond acceptors (Lipinski definition) is 1. The van der Waals surface area contributed by atoms with E-state index in [-0.39, 0.29) is 5.56 Å². The third-order valence-corrected chi connectivity index (χ3v) is 5.51. The summed E-state index contributed by atoms with van der Waals surface area (Å²) in [6.45, 7) is 1.79. The van der Waals surface area contributed by atoms with Gasteiger partial charge in [0.1, 0.15) is 40.4 Å². The van der Waals surface area contributed by atoms with E-state index in [0.29, 0.717) is 35.9 Å². The molecule has 0 atom stereocenters. The van der Waals surface area contributed by atoms with Gasteiger partial charge >= 0.3 is 6.11 Å². The van der Waals surface area contributed by atoms with E-state index in [2.05, 4.69) is 4.74 Å². The van der Waals surface area contributed by atoms with Crippen molar-refractivity contribution in [3.8, 4) is 28.0 Å². The number of ether oxygens (including phenoxy) is 1. The van der Waals surface area contributed by atoms with Crippen LogP contribution in [0.15, 0.2) is 66.7 Å². The molecule has 0 saturated heterocycles. The van der Waals surface area contributed by atoms with Crippen molar-refractivity contribution in [3.05, 3.63) is 113 Å². The monoisotopic (exact) mass is 526 g/mol. The summed E-state index contributed by atoms with van der Waals surface area (Å²) in [5.74, 6) is -8.65. The summed E-state index contributed by atoms with van der Waals surface area (Å²) in [7, 11) is 0. The van der Waals surface area contributed by atoms with Crippen LogP contribution in [-0.2, 0) is 6.11 Å². The number of hydrogen-bond donors (Lipinski definition) is 0. The lowest BCUT2D eigenvalue weighted by atomic mass is 10.0. The zero-order chi connectivity index (χ0) is 27.1. The zero-order valence-corrected chi connectivity index (χ0v) is 18.7. The van der Waals surface area contributed by atoms with Gasteiger partial charge in [0.15, 0.2) is 0 Å². The molecule has 0 fully saturated rings. The predicted molar refractivity (Wildman–Crippen MR) is 118 cm³/mol. The van der Waals surface area contributed by atoms with Crippen molar-refractivity contribution >= 4 is 0 Å². The lowest BCUT2D eigenvalue weighted by Crippen LogP contribution is -2.25. The molecule has 192 valence electrons. The van der Waals surface area contributed by atoms with Gasteiger partial charge in [-0.15, -0.1) is 0 Å². The van der Waals surface area contributed by atoms with Crippen LogP contribution in [0.25, 0.3) is 22.3 Å². The van der Waals surface area contributed by atoms with Crippen molar-refractivity contribution in [2.45, 2.75) is 19.5 Å². The molecule has 0 aromatic heterocycles. The van der Waals surface area contributed by atoms with E-state index in [1.807, 2.05) is 0 Å². The summed E-state index contributed by atoms with van der Waals surface area (Å²) >= 11 is 0. The zero-order valence-electron chi connectivity index (χ0n) is 18.7. The molecule has 4 aromatic rings. The van der Waals surface area contributed by atoms with Gasteiger partial charge in [-0.05, 0) is 60.0 Å². The van der Waals surface area contributed by atoms with Crippen molar-refractivity contribution in [1.82, 2.24) is 0 Å². The fraction of sp³-hybridized carbons (Fsp3) is 0.111. The quantitative estimate of drug-likeness (QED) is 0.228. The van der Waals surface area contributed by atoms with Crippen molar-refractivity contribution in [2.75, 3.05) is 0 Å². The molecule has 0 aliphatic rings. The Labute approximate surface area is 204 Å². The van der Waals surface area contributed by atoms with E-state index in [0.717, 1.165) is 17.7 Å². The third-order valence-electron chi connectivity index (χ3n) is 5.51. The van der Waals surface area contributed by atoms with E-state index in [1.165, 1.54) is 0 Å². The molecule has 0 radical (unpaired) electrons. The van der Waals surface area contributed by atoms with Crippen molar-refractivity contribution in [2.24, 2.45) is 0 Å². The highest BCUT2D eigenvalue weighted by atomic mass is 19.3. The van der Waals surface area contributed by atoms with Gasteiger partial charge < -0.3 is 4.74 Å². The van der Waals surface area contributed by atoms with Crippen LogP contribution in [0.1, 0.15) is 23.1 Å². The largest absolute Gasteiger partial charge is 0.432 e. The van der Waals surface area contributed by atoms with Crippen molar-refractivity contribution in [1.29, 1.82) is 0 Å². The summed E-state index contributed by atoms with van der Waals surface area (Å²) in [5.41, 5.74) is -2.96. The van der Waals surface area contributed by atoms with Crippen LogP contribution < -0.4 is 4.74 Å². The van der Waals surface area contributed by atoms with Gasteiger partial charge in [0, 0.05) is 11.6 Å². The van der Waals surface area contributed by atoms with Gasteiger partial charge in [-0.1, -0.05) is 29.8 Å². The van der Waals surface area contributed by atoms with Crippen LogP contribution in [-0.4, -0.2) is 0 Å². The van der Waals surface area contributed by atoms with E-state index in [9.17, 15) is 39.5 Å². The first-order valence-electron chi connectivity index (χ1n) is 10.6. The second-order valence-corrected chi connectivity index (χ2v) is 8.10. The van der Waals surface area contributed by atoms with Gasteiger partial charge in [-0.2, -0.15) is 8.78 Å². The molecule has 0 heterocycles. The molecule has 0 spiro atoms. The predicted octanol–water partition coefficient (Wildman–Crippen LogP) is 9.09. The van der Waals surface area contributed by atoms with Crippen LogP contribution in [0, 0.1) is 36.0 Å². The lowest BCUT2D eigenvalue weighted by Gasteiger charge is -2.20. The maximum absolute atomic E-state index is 14.7. The normalized spacial score (nSPS) is 11.8. The Morgan fingerprint density at radius 2 is 1.16 bits per heavy atom. The Bertz CT molecular complexity index is 1420. The van der Waals surface area contributed by atoms with E-state index >= 15 is 0 Å². The minimum absolute atomic E-state index is 0.00210. The highest BCUT2D eigenvalue weighted by Gasteiger charge is 2.41. The maximum atomic E-state index is 14.7. The molecule has 0 amide bonds. The molecule has 0 unspecified atom stereocenters. The van der Waals surface area contributed by atoms with E-state index < -0.39 is 69.6 Å². The molecule has 1 nitrogen and oxygen atoms in total. The first kappa shape index (κ1) is 26.1. The molecule has 0 saturated carbocycles. The minimum Gasteiger partial charge on any atom is -0.429 e. The fourth-order valence-corrected chi connectivity index (χ4v) is 3.70. The highest BCUT2D eigenvalue weighted by Crippen LogP contribution is 2.38. The van der Waals surface area contributed by atoms with Crippen LogP contribution in [0.5, 0.6) is 5.75 Å². The van der Waals surface area contributed by atoms with Gasteiger partial charge in [-0.25, -0.2) is 30.7 Å². The standard InChI is InChI=1S/C27H15F9O/c1-13-2-4-14(5-3-13)15-8-22(31)25(23(32)9-15)27(35,36)37-17-6-7-18(19(28)12-17)16-10-20(29)24(26(33)34)21(30)11-16/h2-12,26H,1H3. The number of benzene rings is 4. The van der Waals surface area contributed by atoms with Crippen molar-refractivity contribution in [3.63, 3.8) is 0 Å². The van der Waals surface area contributed by atoms with Gasteiger partial charge in [-0.3, -0.25) is 0 Å². The molecular formula is C27H15F9O. The smallest absolute Gasteiger partial charge is 0.429 e. The maximum Gasteiger partial charge on any atom is 0.432 e. The number of alkyl halides is 4. The highest BCUT2D eigenvalue weighted by molar-refractivity contribution is 5.66. The van der Waals surface area contributed by atoms with Crippen LogP contribution in [0.3, 0.4) is 0 Å². The summed E-state index contributed by atoms with van der Waals surface area (Å²) < 4.78 is 131. The lowest BCUT2D eigenvalue weighted by molar-refractivity contribution is -0.189. The Balaban J connectivity index is 1.63. The molecule has 37 heavy (non-hydrogen) atoms. The Hall–Kier alpha value is -3.95. The molecule has 0 bridgehead atoms. The first-order chi connectivity index (χ1) is 17.4. The number of aryl methyl sites for hydroxylation is 1. The van der Waals surface area contributed by atoms with Crippen LogP contribution in [0.4, 0.5) is 39.5 Å². The van der Waals surface area contributed by atoms with E-state index in [4.69, 9.17) is 0 Å². The average molecular weight is 526 g/mol. The van der Waals surface area contributed by atoms with Crippen LogP contribution >= 0.6 is 0 Å². The fourth-order valence-electron chi connectivity index (χ4n) is 3.70. The summed E-state index contributed by atoms with van der Waals surface area (Å²) in [4.78, 5) is 0. The van der Waals surface area contributed by atoms with Crippen molar-refractivity contribution < 1.29 is 44.3 Å². The Morgan fingerprint density at radius 3 is 1.68 bits per heavy atom. The second kappa shape index (κ2) is 9.84. The Kier molecular flexibility index (Phi) is 6.94. The second-order valence-electron chi connectivity index (χ2n) is 8.10. The average Bonchev–Trinajstić information content (AvgIpc) is 2.77. The van der Waals surface area contributed by atoms with Gasteiger partial charge in [0.25, 0.3) is 6.43 Å². The molecule has 0 N–H and O–H groups in total.